The molecule has 202 valence electrons. The van der Waals surface area contributed by atoms with Crippen LogP contribution in [-0.2, 0) is 9.59 Å². The fraction of sp³-hybridized carbons (Fsp3) is 0.200. The number of anilines is 2. The van der Waals surface area contributed by atoms with Gasteiger partial charge in [0, 0.05) is 34.3 Å². The highest BCUT2D eigenvalue weighted by molar-refractivity contribution is 5.98. The van der Waals surface area contributed by atoms with Crippen molar-refractivity contribution in [3.05, 3.63) is 95.1 Å². The van der Waals surface area contributed by atoms with Crippen LogP contribution in [0.15, 0.2) is 83.0 Å². The Morgan fingerprint density at radius 2 is 0.900 bits per heavy atom. The van der Waals surface area contributed by atoms with E-state index < -0.39 is 0 Å². The highest BCUT2D eigenvalue weighted by Crippen LogP contribution is 2.30. The van der Waals surface area contributed by atoms with Gasteiger partial charge in [0.25, 0.3) is 11.8 Å². The van der Waals surface area contributed by atoms with E-state index >= 15 is 0 Å². The van der Waals surface area contributed by atoms with Crippen LogP contribution in [0.25, 0.3) is 0 Å². The van der Waals surface area contributed by atoms with Gasteiger partial charge in [-0.05, 0) is 85.3 Å². The van der Waals surface area contributed by atoms with E-state index in [0.29, 0.717) is 22.5 Å². The molecule has 2 saturated carbocycles. The maximum absolute atomic E-state index is 12.3. The Morgan fingerprint density at radius 3 is 1.23 bits per heavy atom. The number of nitrogens with one attached hydrogen (secondary N) is 4. The molecule has 0 radical (unpaired) electrons. The summed E-state index contributed by atoms with van der Waals surface area (Å²) in [5, 5.41) is 13.7. The average Bonchev–Trinajstić information content (AvgIpc) is 3.88. The molecule has 4 amide bonds. The van der Waals surface area contributed by atoms with Crippen LogP contribution >= 0.6 is 0 Å². The van der Waals surface area contributed by atoms with Crippen LogP contribution in [-0.4, -0.2) is 36.1 Å². The van der Waals surface area contributed by atoms with Crippen molar-refractivity contribution in [3.8, 4) is 0 Å². The lowest BCUT2D eigenvalue weighted by atomic mass is 10.2. The Kier molecular flexibility index (Phi) is 8.05. The number of carbonyl (C=O) groups is 4. The number of rotatable bonds is 10. The van der Waals surface area contributed by atoms with E-state index in [1.807, 2.05) is 0 Å². The van der Waals surface area contributed by atoms with Gasteiger partial charge in [-0.2, -0.15) is 10.2 Å². The van der Waals surface area contributed by atoms with Gasteiger partial charge in [0.15, 0.2) is 0 Å². The minimum absolute atomic E-state index is 0.0157. The second kappa shape index (κ2) is 12.2. The summed E-state index contributed by atoms with van der Waals surface area (Å²) in [5.41, 5.74) is 8.64. The standard InChI is InChI=1S/C30H28N6O4/c37-27(21-5-6-21)33-25-13-9-23(10-14-25)29(39)35-31-17-19-1-2-20(4-3-19)18-32-36-30(40)24-11-15-26(16-12-24)34-28(38)22-7-8-22/h1-4,9-18,21-22H,5-8H2,(H,33,37)(H,34,38)(H,35,39)(H,36,40). The fourth-order valence-corrected chi connectivity index (χ4v) is 3.72. The summed E-state index contributed by atoms with van der Waals surface area (Å²) >= 11 is 0. The number of amides is 4. The molecule has 10 nitrogen and oxygen atoms in total. The van der Waals surface area contributed by atoms with Crippen molar-refractivity contribution >= 4 is 47.4 Å². The normalized spacial score (nSPS) is 14.6. The van der Waals surface area contributed by atoms with Crippen molar-refractivity contribution < 1.29 is 19.2 Å². The van der Waals surface area contributed by atoms with Crippen molar-refractivity contribution in [3.63, 3.8) is 0 Å². The minimum atomic E-state index is -0.367. The Balaban J connectivity index is 1.05. The first kappa shape index (κ1) is 26.5. The summed E-state index contributed by atoms with van der Waals surface area (Å²) in [4.78, 5) is 48.3. The van der Waals surface area contributed by atoms with Gasteiger partial charge < -0.3 is 10.6 Å². The molecule has 0 heterocycles. The summed E-state index contributed by atoms with van der Waals surface area (Å²) < 4.78 is 0. The second-order valence-corrected chi connectivity index (χ2v) is 9.75. The Hall–Kier alpha value is -5.12. The molecule has 0 aromatic heterocycles. The van der Waals surface area contributed by atoms with Gasteiger partial charge in [0.1, 0.15) is 0 Å². The maximum Gasteiger partial charge on any atom is 0.271 e. The van der Waals surface area contributed by atoms with Crippen LogP contribution in [0.2, 0.25) is 0 Å². The topological polar surface area (TPSA) is 141 Å². The molecule has 5 rings (SSSR count). The molecule has 0 aliphatic heterocycles. The predicted octanol–water partition coefficient (Wildman–Crippen LogP) is 3.91. The lowest BCUT2D eigenvalue weighted by Crippen LogP contribution is -2.18. The molecule has 0 atom stereocenters. The van der Waals surface area contributed by atoms with Gasteiger partial charge in [0.2, 0.25) is 11.8 Å². The monoisotopic (exact) mass is 536 g/mol. The molecule has 10 heteroatoms. The number of benzene rings is 3. The van der Waals surface area contributed by atoms with Gasteiger partial charge in [-0.25, -0.2) is 10.9 Å². The van der Waals surface area contributed by atoms with E-state index in [1.165, 1.54) is 12.4 Å². The molecule has 0 saturated heterocycles. The van der Waals surface area contributed by atoms with Gasteiger partial charge in [-0.1, -0.05) is 24.3 Å². The van der Waals surface area contributed by atoms with E-state index in [2.05, 4.69) is 31.7 Å². The second-order valence-electron chi connectivity index (χ2n) is 9.75. The number of hydrogen-bond acceptors (Lipinski definition) is 6. The zero-order chi connectivity index (χ0) is 27.9. The van der Waals surface area contributed by atoms with Crippen LogP contribution in [0.3, 0.4) is 0 Å². The van der Waals surface area contributed by atoms with Gasteiger partial charge in [-0.3, -0.25) is 19.2 Å². The molecular formula is C30H28N6O4. The highest BCUT2D eigenvalue weighted by Gasteiger charge is 2.30. The van der Waals surface area contributed by atoms with E-state index in [9.17, 15) is 19.2 Å². The third-order valence-corrected chi connectivity index (χ3v) is 6.42. The molecule has 2 aliphatic rings. The van der Waals surface area contributed by atoms with E-state index in [1.54, 1.807) is 72.8 Å². The van der Waals surface area contributed by atoms with Crippen molar-refractivity contribution in [1.29, 1.82) is 0 Å². The smallest absolute Gasteiger partial charge is 0.271 e. The zero-order valence-corrected chi connectivity index (χ0v) is 21.6. The van der Waals surface area contributed by atoms with Crippen molar-refractivity contribution in [2.75, 3.05) is 10.6 Å². The number of nitrogens with zero attached hydrogens (tertiary/aromatic N) is 2. The molecule has 3 aromatic rings. The Morgan fingerprint density at radius 1 is 0.550 bits per heavy atom. The Labute approximate surface area is 230 Å². The molecule has 2 aliphatic carbocycles. The third-order valence-electron chi connectivity index (χ3n) is 6.42. The zero-order valence-electron chi connectivity index (χ0n) is 21.6. The lowest BCUT2D eigenvalue weighted by Gasteiger charge is -2.05. The molecule has 2 fully saturated rings. The maximum atomic E-state index is 12.3. The van der Waals surface area contributed by atoms with E-state index in [0.717, 1.165) is 36.8 Å². The van der Waals surface area contributed by atoms with Gasteiger partial charge in [0.05, 0.1) is 12.4 Å². The quantitative estimate of drug-likeness (QED) is 0.230. The Bertz CT molecular complexity index is 1340. The van der Waals surface area contributed by atoms with Crippen molar-refractivity contribution in [2.45, 2.75) is 25.7 Å². The SMILES string of the molecule is O=C(NN=Cc1ccc(C=NNC(=O)c2ccc(NC(=O)C3CC3)cc2)cc1)c1ccc(NC(=O)C2CC2)cc1. The van der Waals surface area contributed by atoms with Crippen molar-refractivity contribution in [2.24, 2.45) is 22.0 Å². The number of hydrazone groups is 2. The summed E-state index contributed by atoms with van der Waals surface area (Å²) in [6.07, 6.45) is 6.75. The molecule has 0 bridgehead atoms. The van der Waals surface area contributed by atoms with E-state index in [-0.39, 0.29) is 35.5 Å². The fourth-order valence-electron chi connectivity index (χ4n) is 3.72. The summed E-state index contributed by atoms with van der Waals surface area (Å²) in [7, 11) is 0. The third kappa shape index (κ3) is 7.47. The first-order valence-electron chi connectivity index (χ1n) is 13.0. The number of hydrogen-bond donors (Lipinski definition) is 4. The van der Waals surface area contributed by atoms with Crippen LogP contribution in [0.4, 0.5) is 11.4 Å². The largest absolute Gasteiger partial charge is 0.326 e. The molecule has 40 heavy (non-hydrogen) atoms. The first-order chi connectivity index (χ1) is 19.4. The van der Waals surface area contributed by atoms with Gasteiger partial charge >= 0.3 is 0 Å². The molecule has 4 N–H and O–H groups in total. The first-order valence-corrected chi connectivity index (χ1v) is 13.0. The molecular weight excluding hydrogens is 508 g/mol. The molecule has 0 spiro atoms. The van der Waals surface area contributed by atoms with E-state index in [4.69, 9.17) is 0 Å². The van der Waals surface area contributed by atoms with Crippen LogP contribution < -0.4 is 21.5 Å². The average molecular weight is 537 g/mol. The minimum Gasteiger partial charge on any atom is -0.326 e. The molecule has 0 unspecified atom stereocenters. The van der Waals surface area contributed by atoms with Gasteiger partial charge in [-0.15, -0.1) is 0 Å². The summed E-state index contributed by atoms with van der Waals surface area (Å²) in [6, 6.07) is 20.5. The van der Waals surface area contributed by atoms with Crippen LogP contribution in [0.5, 0.6) is 0 Å². The van der Waals surface area contributed by atoms with Crippen LogP contribution in [0, 0.1) is 11.8 Å². The lowest BCUT2D eigenvalue weighted by molar-refractivity contribution is -0.118. The van der Waals surface area contributed by atoms with Crippen molar-refractivity contribution in [1.82, 2.24) is 10.9 Å². The predicted molar refractivity (Wildman–Crippen MR) is 152 cm³/mol. The van der Waals surface area contributed by atoms with Crippen LogP contribution in [0.1, 0.15) is 57.5 Å². The summed E-state index contributed by atoms with van der Waals surface area (Å²) in [5.74, 6) is -0.476. The highest BCUT2D eigenvalue weighted by atomic mass is 16.2. The summed E-state index contributed by atoms with van der Waals surface area (Å²) in [6.45, 7) is 0. The molecule has 3 aromatic carbocycles. The number of carbonyl (C=O) groups excluding carboxylic acids is 4.